The van der Waals surface area contributed by atoms with E-state index < -0.39 is 0 Å². The third-order valence-corrected chi connectivity index (χ3v) is 1.61. The quantitative estimate of drug-likeness (QED) is 0.445. The summed E-state index contributed by atoms with van der Waals surface area (Å²) in [7, 11) is 0. The summed E-state index contributed by atoms with van der Waals surface area (Å²) in [4.78, 5) is 18.1. The van der Waals surface area contributed by atoms with Gasteiger partial charge in [-0.15, -0.1) is 0 Å². The number of aliphatic imine (C=N–C) groups is 2. The molecule has 44 valence electrons. The van der Waals surface area contributed by atoms with Crippen molar-refractivity contribution in [2.45, 2.75) is 0 Å². The lowest BCUT2D eigenvalue weighted by molar-refractivity contribution is -0.105. The fourth-order valence-corrected chi connectivity index (χ4v) is 1.13. The zero-order valence-electron chi connectivity index (χ0n) is 4.24. The summed E-state index contributed by atoms with van der Waals surface area (Å²) in [6.07, 6.45) is 1.34. The minimum absolute atomic E-state index is 0.109. The molecule has 0 aromatic rings. The number of hydrogen-bond acceptors (Lipinski definition) is 5. The lowest BCUT2D eigenvalue weighted by Crippen LogP contribution is -2.09. The van der Waals surface area contributed by atoms with Crippen LogP contribution in [0.3, 0.4) is 0 Å². The van der Waals surface area contributed by atoms with E-state index in [0.717, 1.165) is 11.9 Å². The molecule has 0 aromatic heterocycles. The van der Waals surface area contributed by atoms with Gasteiger partial charge in [-0.2, -0.15) is 4.40 Å². The third-order valence-electron chi connectivity index (χ3n) is 0.987. The van der Waals surface area contributed by atoms with Crippen LogP contribution in [0.15, 0.2) is 14.4 Å². The van der Waals surface area contributed by atoms with Crippen molar-refractivity contribution in [2.75, 3.05) is 0 Å². The van der Waals surface area contributed by atoms with Crippen LogP contribution in [-0.2, 0) is 4.79 Å². The minimum Gasteiger partial charge on any atom is -0.278 e. The Morgan fingerprint density at radius 2 is 2.44 bits per heavy atom. The smallest absolute Gasteiger partial charge is 0.263 e. The molecular weight excluding hydrogens is 138 g/mol. The zero-order chi connectivity index (χ0) is 6.27. The summed E-state index contributed by atoms with van der Waals surface area (Å²) >= 11 is 0.894. The molecule has 9 heavy (non-hydrogen) atoms. The first kappa shape index (κ1) is 4.87. The molecule has 4 nitrogen and oxygen atoms in total. The first-order chi connectivity index (χ1) is 4.38. The van der Waals surface area contributed by atoms with Crippen molar-refractivity contribution >= 4 is 34.9 Å². The summed E-state index contributed by atoms with van der Waals surface area (Å²) in [6.45, 7) is 0. The Labute approximate surface area is 54.9 Å². The summed E-state index contributed by atoms with van der Waals surface area (Å²) in [5.41, 5.74) is 0.389. The fraction of sp³-hybridized carbons (Fsp3) is 0. The summed E-state index contributed by atoms with van der Waals surface area (Å²) in [5.74, 6) is 0.463. The number of amidine groups is 1. The van der Waals surface area contributed by atoms with Gasteiger partial charge in [0.05, 0.1) is 11.9 Å². The van der Waals surface area contributed by atoms with Crippen LogP contribution in [0.1, 0.15) is 0 Å². The Bertz CT molecular complexity index is 265. The van der Waals surface area contributed by atoms with Gasteiger partial charge < -0.3 is 0 Å². The first-order valence-corrected chi connectivity index (χ1v) is 3.05. The molecule has 0 aliphatic carbocycles. The second kappa shape index (κ2) is 1.51. The van der Waals surface area contributed by atoms with Crippen LogP contribution in [0.2, 0.25) is 0 Å². The van der Waals surface area contributed by atoms with Crippen molar-refractivity contribution in [3.63, 3.8) is 0 Å². The average molecular weight is 139 g/mol. The Morgan fingerprint density at radius 1 is 1.56 bits per heavy atom. The lowest BCUT2D eigenvalue weighted by Gasteiger charge is -1.78. The van der Waals surface area contributed by atoms with Gasteiger partial charge in [0.15, 0.2) is 11.5 Å². The monoisotopic (exact) mass is 139 g/mol. The highest BCUT2D eigenvalue weighted by Crippen LogP contribution is 2.17. The Balaban J connectivity index is 2.53. The van der Waals surface area contributed by atoms with Crippen LogP contribution in [0.5, 0.6) is 0 Å². The van der Waals surface area contributed by atoms with Crippen LogP contribution in [-0.4, -0.2) is 23.0 Å². The maximum atomic E-state index is 10.7. The molecule has 0 saturated carbocycles. The Kier molecular flexibility index (Phi) is 0.814. The predicted octanol–water partition coefficient (Wildman–Crippen LogP) is 0.0562. The SMILES string of the molecule is O=C1SN=C2N=CN=C12. The van der Waals surface area contributed by atoms with Gasteiger partial charge in [-0.3, -0.25) is 4.79 Å². The molecule has 0 atom stereocenters. The maximum absolute atomic E-state index is 10.7. The highest BCUT2D eigenvalue weighted by atomic mass is 32.2. The topological polar surface area (TPSA) is 54.1 Å². The van der Waals surface area contributed by atoms with E-state index in [1.807, 2.05) is 0 Å². The number of carbonyl (C=O) groups excluding carboxylic acids is 1. The van der Waals surface area contributed by atoms with E-state index in [1.54, 1.807) is 0 Å². The van der Waals surface area contributed by atoms with Crippen molar-refractivity contribution in [1.29, 1.82) is 0 Å². The molecule has 0 unspecified atom stereocenters. The van der Waals surface area contributed by atoms with E-state index in [9.17, 15) is 4.79 Å². The largest absolute Gasteiger partial charge is 0.278 e. The molecular formula is C4HN3OS. The Morgan fingerprint density at radius 3 is 3.22 bits per heavy atom. The van der Waals surface area contributed by atoms with E-state index in [-0.39, 0.29) is 5.12 Å². The molecule has 0 saturated heterocycles. The van der Waals surface area contributed by atoms with Crippen LogP contribution in [0.25, 0.3) is 0 Å². The van der Waals surface area contributed by atoms with Crippen LogP contribution in [0, 0.1) is 0 Å². The second-order valence-electron chi connectivity index (χ2n) is 1.52. The van der Waals surface area contributed by atoms with Crippen LogP contribution < -0.4 is 0 Å². The predicted molar refractivity (Wildman–Crippen MR) is 36.0 cm³/mol. The van der Waals surface area contributed by atoms with E-state index in [1.165, 1.54) is 6.34 Å². The molecule has 0 fully saturated rings. The Hall–Kier alpha value is -0.970. The van der Waals surface area contributed by atoms with Crippen molar-refractivity contribution in [3.05, 3.63) is 0 Å². The molecule has 0 spiro atoms. The van der Waals surface area contributed by atoms with Gasteiger partial charge in [0.1, 0.15) is 6.34 Å². The van der Waals surface area contributed by atoms with Gasteiger partial charge in [0, 0.05) is 0 Å². The standard InChI is InChI=1S/C4HN3OS/c8-4-2-3(7-9-4)6-1-5-2/h1H. The number of rotatable bonds is 0. The highest BCUT2D eigenvalue weighted by molar-refractivity contribution is 8.15. The second-order valence-corrected chi connectivity index (χ2v) is 2.25. The van der Waals surface area contributed by atoms with E-state index in [0.29, 0.717) is 11.5 Å². The van der Waals surface area contributed by atoms with Crippen molar-refractivity contribution < 1.29 is 4.79 Å². The zero-order valence-corrected chi connectivity index (χ0v) is 5.05. The van der Waals surface area contributed by atoms with E-state index in [2.05, 4.69) is 14.4 Å². The molecule has 0 aromatic carbocycles. The number of carbonyl (C=O) groups is 1. The molecule has 2 heterocycles. The first-order valence-electron chi connectivity index (χ1n) is 2.28. The molecule has 0 radical (unpaired) electrons. The molecule has 5 heteroatoms. The summed E-state index contributed by atoms with van der Waals surface area (Å²) < 4.78 is 3.73. The van der Waals surface area contributed by atoms with Gasteiger partial charge in [-0.05, 0) is 0 Å². The van der Waals surface area contributed by atoms with Crippen molar-refractivity contribution in [1.82, 2.24) is 0 Å². The summed E-state index contributed by atoms with van der Waals surface area (Å²) in [6, 6.07) is 0. The van der Waals surface area contributed by atoms with E-state index >= 15 is 0 Å². The molecule has 2 rings (SSSR count). The molecule has 0 bridgehead atoms. The summed E-state index contributed by atoms with van der Waals surface area (Å²) in [5, 5.41) is -0.109. The minimum atomic E-state index is -0.109. The lowest BCUT2D eigenvalue weighted by atomic mass is 10.4. The number of nitrogens with zero attached hydrogens (tertiary/aromatic N) is 3. The van der Waals surface area contributed by atoms with Gasteiger partial charge in [0.25, 0.3) is 5.12 Å². The molecule has 0 amide bonds. The maximum Gasteiger partial charge on any atom is 0.263 e. The van der Waals surface area contributed by atoms with Gasteiger partial charge in [-0.1, -0.05) is 0 Å². The number of hydrogen-bond donors (Lipinski definition) is 0. The van der Waals surface area contributed by atoms with Gasteiger partial charge in [-0.25, -0.2) is 9.98 Å². The van der Waals surface area contributed by atoms with Crippen LogP contribution in [0.4, 0.5) is 0 Å². The molecule has 2 aliphatic rings. The third kappa shape index (κ3) is 0.547. The fourth-order valence-electron chi connectivity index (χ4n) is 0.599. The van der Waals surface area contributed by atoms with Crippen LogP contribution >= 0.6 is 11.9 Å². The van der Waals surface area contributed by atoms with Gasteiger partial charge in [0.2, 0.25) is 0 Å². The van der Waals surface area contributed by atoms with Crippen molar-refractivity contribution in [3.8, 4) is 0 Å². The normalized spacial score (nSPS) is 22.0. The highest BCUT2D eigenvalue weighted by Gasteiger charge is 2.27. The van der Waals surface area contributed by atoms with Crippen molar-refractivity contribution in [2.24, 2.45) is 14.4 Å². The number of fused-ring (bicyclic) bond motifs is 1. The molecule has 2 aliphatic heterocycles. The van der Waals surface area contributed by atoms with Gasteiger partial charge >= 0.3 is 0 Å². The van der Waals surface area contributed by atoms with E-state index in [4.69, 9.17) is 0 Å². The molecule has 0 N–H and O–H groups in total. The average Bonchev–Trinajstić information content (AvgIpc) is 2.35.